The second kappa shape index (κ2) is 8.77. The molecule has 1 aliphatic rings. The van der Waals surface area contributed by atoms with Gasteiger partial charge in [-0.2, -0.15) is 0 Å². The van der Waals surface area contributed by atoms with Crippen LogP contribution in [0.2, 0.25) is 0 Å². The Kier molecular flexibility index (Phi) is 6.52. The zero-order chi connectivity index (χ0) is 21.9. The number of sulfone groups is 1. The number of sulfonamides is 1. The number of hydrogen-bond acceptors (Lipinski definition) is 5. The molecule has 0 aliphatic heterocycles. The number of benzene rings is 2. The Bertz CT molecular complexity index is 1120. The first kappa shape index (κ1) is 22.3. The van der Waals surface area contributed by atoms with Crippen LogP contribution in [0.3, 0.4) is 0 Å². The summed E-state index contributed by atoms with van der Waals surface area (Å²) in [6.07, 6.45) is 5.15. The molecule has 0 radical (unpaired) electrons. The lowest BCUT2D eigenvalue weighted by molar-refractivity contribution is 0.102. The molecular weight excluding hydrogens is 424 g/mol. The number of carbonyl (C=O) groups is 1. The zero-order valence-electron chi connectivity index (χ0n) is 17.0. The molecule has 30 heavy (non-hydrogen) atoms. The van der Waals surface area contributed by atoms with Gasteiger partial charge in [0.15, 0.2) is 9.84 Å². The Morgan fingerprint density at radius 3 is 2.23 bits per heavy atom. The summed E-state index contributed by atoms with van der Waals surface area (Å²) < 4.78 is 49.7. The second-order valence-electron chi connectivity index (χ2n) is 7.63. The molecule has 0 spiro atoms. The van der Waals surface area contributed by atoms with Gasteiger partial charge >= 0.3 is 0 Å². The van der Waals surface area contributed by atoms with Crippen LogP contribution in [0.5, 0.6) is 0 Å². The smallest absolute Gasteiger partial charge is 0.257 e. The highest BCUT2D eigenvalue weighted by Crippen LogP contribution is 2.30. The molecule has 2 aromatic rings. The van der Waals surface area contributed by atoms with Crippen molar-refractivity contribution >= 4 is 37.1 Å². The number of nitrogens with one attached hydrogen (secondary N) is 1. The van der Waals surface area contributed by atoms with Crippen molar-refractivity contribution in [3.05, 3.63) is 54.1 Å². The van der Waals surface area contributed by atoms with E-state index in [1.807, 2.05) is 0 Å². The summed E-state index contributed by atoms with van der Waals surface area (Å²) >= 11 is 0. The third kappa shape index (κ3) is 5.20. The Morgan fingerprint density at radius 2 is 1.67 bits per heavy atom. The molecule has 1 fully saturated rings. The molecule has 1 saturated carbocycles. The van der Waals surface area contributed by atoms with Crippen LogP contribution >= 0.6 is 0 Å². The van der Waals surface area contributed by atoms with Crippen molar-refractivity contribution in [1.29, 1.82) is 0 Å². The van der Waals surface area contributed by atoms with Gasteiger partial charge in [-0.25, -0.2) is 16.8 Å². The molecular formula is C21H26N2O5S2. The van der Waals surface area contributed by atoms with E-state index in [-0.39, 0.29) is 21.9 Å². The van der Waals surface area contributed by atoms with Crippen molar-refractivity contribution in [2.75, 3.05) is 28.7 Å². The van der Waals surface area contributed by atoms with Crippen molar-refractivity contribution in [2.45, 2.75) is 30.6 Å². The first-order valence-electron chi connectivity index (χ1n) is 9.75. The lowest BCUT2D eigenvalue weighted by atomic mass is 9.84. The molecule has 1 amide bonds. The average molecular weight is 451 g/mol. The number of para-hydroxylation sites is 1. The van der Waals surface area contributed by atoms with E-state index < -0.39 is 25.8 Å². The molecule has 0 saturated heterocycles. The molecule has 9 heteroatoms. The van der Waals surface area contributed by atoms with Crippen LogP contribution in [-0.2, 0) is 19.9 Å². The van der Waals surface area contributed by atoms with E-state index in [0.717, 1.165) is 23.4 Å². The molecule has 162 valence electrons. The Hall–Kier alpha value is -2.39. The molecule has 0 aromatic heterocycles. The van der Waals surface area contributed by atoms with E-state index in [0.29, 0.717) is 18.0 Å². The number of anilines is 2. The predicted octanol–water partition coefficient (Wildman–Crippen LogP) is 3.30. The minimum Gasteiger partial charge on any atom is -0.322 e. The van der Waals surface area contributed by atoms with Gasteiger partial charge in [0.05, 0.1) is 28.2 Å². The van der Waals surface area contributed by atoms with Gasteiger partial charge in [-0.05, 0) is 48.7 Å². The van der Waals surface area contributed by atoms with Crippen LogP contribution < -0.4 is 9.62 Å². The molecule has 1 N–H and O–H groups in total. The highest BCUT2D eigenvalue weighted by molar-refractivity contribution is 7.92. The van der Waals surface area contributed by atoms with Crippen molar-refractivity contribution in [3.63, 3.8) is 0 Å². The predicted molar refractivity (Wildman–Crippen MR) is 118 cm³/mol. The van der Waals surface area contributed by atoms with Crippen LogP contribution in [0.1, 0.15) is 36.0 Å². The number of nitrogens with zero attached hydrogens (tertiary/aromatic N) is 1. The Labute approximate surface area is 178 Å². The van der Waals surface area contributed by atoms with E-state index in [9.17, 15) is 21.6 Å². The fraction of sp³-hybridized carbons (Fsp3) is 0.381. The molecule has 7 nitrogen and oxygen atoms in total. The van der Waals surface area contributed by atoms with Crippen LogP contribution in [0.25, 0.3) is 0 Å². The van der Waals surface area contributed by atoms with Crippen LogP contribution in [-0.4, -0.2) is 41.8 Å². The van der Waals surface area contributed by atoms with Gasteiger partial charge in [0.1, 0.15) is 0 Å². The van der Waals surface area contributed by atoms with Crippen molar-refractivity contribution in [1.82, 2.24) is 0 Å². The third-order valence-corrected chi connectivity index (χ3v) is 8.43. The summed E-state index contributed by atoms with van der Waals surface area (Å²) in [5.41, 5.74) is 0.880. The summed E-state index contributed by atoms with van der Waals surface area (Å²) in [4.78, 5) is 12.9. The molecule has 3 rings (SSSR count). The maximum atomic E-state index is 12.7. The van der Waals surface area contributed by atoms with Gasteiger partial charge in [-0.3, -0.25) is 9.10 Å². The second-order valence-corrected chi connectivity index (χ2v) is 11.8. The normalized spacial score (nSPS) is 14.7. The molecule has 2 aromatic carbocycles. The van der Waals surface area contributed by atoms with Crippen LogP contribution in [0.15, 0.2) is 53.4 Å². The van der Waals surface area contributed by atoms with Crippen LogP contribution in [0, 0.1) is 5.92 Å². The summed E-state index contributed by atoms with van der Waals surface area (Å²) in [7, 11) is -5.50. The summed E-state index contributed by atoms with van der Waals surface area (Å²) in [6.45, 7) is 0. The van der Waals surface area contributed by atoms with E-state index in [1.165, 1.54) is 43.8 Å². The van der Waals surface area contributed by atoms with Gasteiger partial charge in [0.25, 0.3) is 5.91 Å². The maximum Gasteiger partial charge on any atom is 0.257 e. The van der Waals surface area contributed by atoms with E-state index in [4.69, 9.17) is 0 Å². The lowest BCUT2D eigenvalue weighted by Gasteiger charge is -2.24. The maximum absolute atomic E-state index is 12.7. The monoisotopic (exact) mass is 450 g/mol. The SMILES string of the molecule is CN(c1ccccc1C(=O)Nc1ccc(S(=O)(=O)CCC2CCC2)cc1)S(C)(=O)=O. The highest BCUT2D eigenvalue weighted by Gasteiger charge is 2.22. The van der Waals surface area contributed by atoms with E-state index in [2.05, 4.69) is 5.32 Å². The number of amides is 1. The molecule has 0 heterocycles. The van der Waals surface area contributed by atoms with Gasteiger partial charge in [-0.1, -0.05) is 31.4 Å². The minimum atomic E-state index is -3.53. The van der Waals surface area contributed by atoms with Crippen molar-refractivity contribution in [2.24, 2.45) is 5.92 Å². The average Bonchev–Trinajstić information content (AvgIpc) is 2.65. The standard InChI is InChI=1S/C21H26N2O5S2/c1-23(29(2,25)26)20-9-4-3-8-19(20)21(24)22-17-10-12-18(13-11-17)30(27,28)15-14-16-6-5-7-16/h3-4,8-13,16H,5-7,14-15H2,1-2H3,(H,22,24). The fourth-order valence-corrected chi connectivity index (χ4v) is 5.23. The molecule has 0 unspecified atom stereocenters. The topological polar surface area (TPSA) is 101 Å². The molecule has 1 aliphatic carbocycles. The van der Waals surface area contributed by atoms with E-state index in [1.54, 1.807) is 18.2 Å². The first-order valence-corrected chi connectivity index (χ1v) is 13.2. The Morgan fingerprint density at radius 1 is 1.03 bits per heavy atom. The number of carbonyl (C=O) groups excluding carboxylic acids is 1. The van der Waals surface area contributed by atoms with Gasteiger partial charge < -0.3 is 5.32 Å². The molecule has 0 atom stereocenters. The third-order valence-electron chi connectivity index (χ3n) is 5.48. The van der Waals surface area contributed by atoms with Crippen molar-refractivity contribution < 1.29 is 21.6 Å². The summed E-state index contributed by atoms with van der Waals surface area (Å²) in [5.74, 6) is 0.166. The largest absolute Gasteiger partial charge is 0.322 e. The first-order chi connectivity index (χ1) is 14.1. The van der Waals surface area contributed by atoms with Crippen LogP contribution in [0.4, 0.5) is 11.4 Å². The van der Waals surface area contributed by atoms with E-state index >= 15 is 0 Å². The number of hydrogen-bond donors (Lipinski definition) is 1. The number of rotatable bonds is 8. The fourth-order valence-electron chi connectivity index (χ4n) is 3.28. The highest BCUT2D eigenvalue weighted by atomic mass is 32.2. The Balaban J connectivity index is 1.72. The molecule has 0 bridgehead atoms. The quantitative estimate of drug-likeness (QED) is 0.665. The summed E-state index contributed by atoms with van der Waals surface area (Å²) in [6, 6.07) is 12.4. The lowest BCUT2D eigenvalue weighted by Crippen LogP contribution is -2.27. The van der Waals surface area contributed by atoms with Crippen molar-refractivity contribution in [3.8, 4) is 0 Å². The van der Waals surface area contributed by atoms with Gasteiger partial charge in [0, 0.05) is 12.7 Å². The minimum absolute atomic E-state index is 0.134. The zero-order valence-corrected chi connectivity index (χ0v) is 18.7. The van der Waals surface area contributed by atoms with Gasteiger partial charge in [0.2, 0.25) is 10.0 Å². The summed E-state index contributed by atoms with van der Waals surface area (Å²) in [5, 5.41) is 2.70. The van der Waals surface area contributed by atoms with Gasteiger partial charge in [-0.15, -0.1) is 0 Å².